The first kappa shape index (κ1) is 12.1. The van der Waals surface area contributed by atoms with Crippen LogP contribution in [0.1, 0.15) is 5.82 Å². The first-order chi connectivity index (χ1) is 8.24. The van der Waals surface area contributed by atoms with Gasteiger partial charge in [0.2, 0.25) is 0 Å². The van der Waals surface area contributed by atoms with Gasteiger partial charge in [-0.25, -0.2) is 9.89 Å². The van der Waals surface area contributed by atoms with Crippen LogP contribution in [0.2, 0.25) is 5.02 Å². The van der Waals surface area contributed by atoms with Crippen molar-refractivity contribution < 1.29 is 4.74 Å². The van der Waals surface area contributed by atoms with Crippen LogP contribution in [0, 0.1) is 0 Å². The van der Waals surface area contributed by atoms with Crippen LogP contribution in [0.3, 0.4) is 0 Å². The van der Waals surface area contributed by atoms with Crippen LogP contribution in [0.4, 0.5) is 0 Å². The van der Waals surface area contributed by atoms with Gasteiger partial charge >= 0.3 is 5.69 Å². The summed E-state index contributed by atoms with van der Waals surface area (Å²) >= 11 is 7.32. The van der Waals surface area contributed by atoms with E-state index in [4.69, 9.17) is 16.3 Å². The van der Waals surface area contributed by atoms with Gasteiger partial charge in [0.15, 0.2) is 0 Å². The van der Waals surface area contributed by atoms with Gasteiger partial charge in [0.05, 0.1) is 5.75 Å². The number of hydrogen-bond donors (Lipinski definition) is 2. The van der Waals surface area contributed by atoms with Crippen molar-refractivity contribution in [2.24, 2.45) is 0 Å². The first-order valence-electron chi connectivity index (χ1n) is 4.84. The summed E-state index contributed by atoms with van der Waals surface area (Å²) in [6, 6.07) is 7.20. The Kier molecular flexibility index (Phi) is 4.11. The highest BCUT2D eigenvalue weighted by atomic mass is 35.5. The van der Waals surface area contributed by atoms with E-state index in [1.54, 1.807) is 12.1 Å². The zero-order chi connectivity index (χ0) is 12.1. The van der Waals surface area contributed by atoms with Crippen LogP contribution in [-0.4, -0.2) is 21.1 Å². The normalized spacial score (nSPS) is 10.4. The molecule has 0 amide bonds. The van der Waals surface area contributed by atoms with E-state index in [2.05, 4.69) is 15.2 Å². The number of aromatic nitrogens is 3. The van der Waals surface area contributed by atoms with E-state index in [1.807, 2.05) is 12.1 Å². The number of aromatic amines is 2. The van der Waals surface area contributed by atoms with Gasteiger partial charge in [-0.15, -0.1) is 11.8 Å². The summed E-state index contributed by atoms with van der Waals surface area (Å²) in [5, 5.41) is 6.73. The lowest BCUT2D eigenvalue weighted by Gasteiger charge is -2.04. The molecule has 0 bridgehead atoms. The van der Waals surface area contributed by atoms with Crippen molar-refractivity contribution in [1.82, 2.24) is 15.2 Å². The molecule has 0 saturated heterocycles. The Hall–Kier alpha value is -1.40. The SMILES string of the molecule is O=c1[nH]nc(CSCOc2cccc(Cl)c2)[nH]1. The van der Waals surface area contributed by atoms with Gasteiger partial charge in [0.1, 0.15) is 17.5 Å². The highest BCUT2D eigenvalue weighted by Gasteiger charge is 1.99. The summed E-state index contributed by atoms with van der Waals surface area (Å²) in [7, 11) is 0. The molecule has 90 valence electrons. The number of benzene rings is 1. The Morgan fingerprint density at radius 2 is 2.35 bits per heavy atom. The standard InChI is InChI=1S/C10H10ClN3O2S/c11-7-2-1-3-8(4-7)16-6-17-5-9-12-10(15)14-13-9/h1-4H,5-6H2,(H2,12,13,14,15). The Bertz CT molecular complexity index is 540. The van der Waals surface area contributed by atoms with Gasteiger partial charge in [0.25, 0.3) is 0 Å². The van der Waals surface area contributed by atoms with Crippen molar-refractivity contribution >= 4 is 23.4 Å². The van der Waals surface area contributed by atoms with Gasteiger partial charge in [-0.2, -0.15) is 5.10 Å². The molecule has 1 heterocycles. The average Bonchev–Trinajstić information content (AvgIpc) is 2.71. The molecule has 0 aliphatic heterocycles. The molecule has 1 aromatic heterocycles. The smallest absolute Gasteiger partial charge is 0.340 e. The molecule has 7 heteroatoms. The Labute approximate surface area is 107 Å². The third kappa shape index (κ3) is 3.83. The minimum absolute atomic E-state index is 0.295. The van der Waals surface area contributed by atoms with Gasteiger partial charge < -0.3 is 4.74 Å². The molecule has 2 N–H and O–H groups in total. The Balaban J connectivity index is 1.75. The molecule has 0 spiro atoms. The van der Waals surface area contributed by atoms with Gasteiger partial charge in [-0.3, -0.25) is 4.98 Å². The lowest BCUT2D eigenvalue weighted by atomic mass is 10.3. The molecule has 2 aromatic rings. The fraction of sp³-hybridized carbons (Fsp3) is 0.200. The largest absolute Gasteiger partial charge is 0.483 e. The predicted molar refractivity (Wildman–Crippen MR) is 67.5 cm³/mol. The molecule has 2 rings (SSSR count). The van der Waals surface area contributed by atoms with Crippen LogP contribution >= 0.6 is 23.4 Å². The number of thioether (sulfide) groups is 1. The second kappa shape index (κ2) is 5.79. The van der Waals surface area contributed by atoms with E-state index in [1.165, 1.54) is 11.8 Å². The number of nitrogens with zero attached hydrogens (tertiary/aromatic N) is 1. The van der Waals surface area contributed by atoms with E-state index >= 15 is 0 Å². The fourth-order valence-electron chi connectivity index (χ4n) is 1.18. The van der Waals surface area contributed by atoms with Crippen LogP contribution in [0.15, 0.2) is 29.1 Å². The maximum Gasteiger partial charge on any atom is 0.340 e. The lowest BCUT2D eigenvalue weighted by molar-refractivity contribution is 0.393. The van der Waals surface area contributed by atoms with Crippen molar-refractivity contribution in [3.8, 4) is 5.75 Å². The highest BCUT2D eigenvalue weighted by Crippen LogP contribution is 2.18. The third-order valence-corrected chi connectivity index (χ3v) is 2.89. The van der Waals surface area contributed by atoms with E-state index in [9.17, 15) is 4.79 Å². The molecular weight excluding hydrogens is 262 g/mol. The van der Waals surface area contributed by atoms with E-state index in [0.29, 0.717) is 22.5 Å². The summed E-state index contributed by atoms with van der Waals surface area (Å²) in [6.45, 7) is 0. The minimum atomic E-state index is -0.295. The molecule has 0 aliphatic carbocycles. The zero-order valence-corrected chi connectivity index (χ0v) is 10.3. The lowest BCUT2D eigenvalue weighted by Crippen LogP contribution is -2.01. The highest BCUT2D eigenvalue weighted by molar-refractivity contribution is 7.98. The average molecular weight is 272 g/mol. The molecule has 0 aliphatic rings. The van der Waals surface area contributed by atoms with Crippen LogP contribution in [0.25, 0.3) is 0 Å². The summed E-state index contributed by atoms with van der Waals surface area (Å²) in [4.78, 5) is 13.3. The molecular formula is C10H10ClN3O2S. The summed E-state index contributed by atoms with van der Waals surface area (Å²) in [5.41, 5.74) is -0.295. The maximum absolute atomic E-state index is 10.8. The molecule has 0 fully saturated rings. The zero-order valence-electron chi connectivity index (χ0n) is 8.77. The maximum atomic E-state index is 10.8. The number of rotatable bonds is 5. The second-order valence-corrected chi connectivity index (χ2v) is 4.56. The van der Waals surface area contributed by atoms with Crippen LogP contribution in [0.5, 0.6) is 5.75 Å². The Morgan fingerprint density at radius 1 is 1.47 bits per heavy atom. The quantitative estimate of drug-likeness (QED) is 0.645. The molecule has 0 atom stereocenters. The molecule has 0 saturated carbocycles. The molecule has 5 nitrogen and oxygen atoms in total. The summed E-state index contributed by atoms with van der Waals surface area (Å²) in [5.74, 6) is 2.38. The van der Waals surface area contributed by atoms with Crippen molar-refractivity contribution in [2.45, 2.75) is 5.75 Å². The van der Waals surface area contributed by atoms with Crippen molar-refractivity contribution in [3.63, 3.8) is 0 Å². The predicted octanol–water partition coefficient (Wildman–Crippen LogP) is 2.02. The molecule has 17 heavy (non-hydrogen) atoms. The third-order valence-electron chi connectivity index (χ3n) is 1.89. The Morgan fingerprint density at radius 3 is 3.06 bits per heavy atom. The number of halogens is 1. The number of H-pyrrole nitrogens is 2. The first-order valence-corrected chi connectivity index (χ1v) is 6.37. The van der Waals surface area contributed by atoms with Crippen LogP contribution in [-0.2, 0) is 5.75 Å². The van der Waals surface area contributed by atoms with Gasteiger partial charge in [-0.1, -0.05) is 17.7 Å². The van der Waals surface area contributed by atoms with Gasteiger partial charge in [-0.05, 0) is 18.2 Å². The number of ether oxygens (including phenoxy) is 1. The van der Waals surface area contributed by atoms with Crippen molar-refractivity contribution in [3.05, 3.63) is 45.6 Å². The second-order valence-electron chi connectivity index (χ2n) is 3.19. The van der Waals surface area contributed by atoms with Crippen molar-refractivity contribution in [2.75, 3.05) is 5.94 Å². The molecule has 0 unspecified atom stereocenters. The van der Waals surface area contributed by atoms with E-state index in [0.717, 1.165) is 5.75 Å². The summed E-state index contributed by atoms with van der Waals surface area (Å²) in [6.07, 6.45) is 0. The minimum Gasteiger partial charge on any atom is -0.483 e. The molecule has 0 radical (unpaired) electrons. The number of hydrogen-bond acceptors (Lipinski definition) is 4. The van der Waals surface area contributed by atoms with Crippen molar-refractivity contribution in [1.29, 1.82) is 0 Å². The van der Waals surface area contributed by atoms with E-state index < -0.39 is 0 Å². The number of nitrogens with one attached hydrogen (secondary N) is 2. The molecule has 1 aromatic carbocycles. The fourth-order valence-corrected chi connectivity index (χ4v) is 1.99. The van der Waals surface area contributed by atoms with Gasteiger partial charge in [0, 0.05) is 5.02 Å². The summed E-state index contributed by atoms with van der Waals surface area (Å²) < 4.78 is 5.46. The topological polar surface area (TPSA) is 70.8 Å². The van der Waals surface area contributed by atoms with E-state index in [-0.39, 0.29) is 5.69 Å². The van der Waals surface area contributed by atoms with Crippen LogP contribution < -0.4 is 10.4 Å². The monoisotopic (exact) mass is 271 g/mol.